The van der Waals surface area contributed by atoms with Crippen molar-refractivity contribution >= 4 is 55.8 Å². The largest absolute Gasteiger partial charge is 0.313 e. The van der Waals surface area contributed by atoms with E-state index in [9.17, 15) is 0 Å². The Hall–Kier alpha value is -7.56. The fraction of sp³-hybridized carbons (Fsp3) is 0.0545. The van der Waals surface area contributed by atoms with Crippen LogP contribution in [0.4, 0.5) is 17.1 Å². The van der Waals surface area contributed by atoms with E-state index in [1.165, 1.54) is 45.0 Å². The van der Waals surface area contributed by atoms with E-state index in [0.717, 1.165) is 61.7 Å². The number of hydrogen-bond acceptors (Lipinski definition) is 3. The molecule has 278 valence electrons. The first-order valence-corrected chi connectivity index (χ1v) is 20.5. The first-order valence-electron chi connectivity index (χ1n) is 20.5. The molecule has 59 heavy (non-hydrogen) atoms. The monoisotopic (exact) mass is 754 g/mol. The third kappa shape index (κ3) is 5.60. The molecule has 4 nitrogen and oxygen atoms in total. The van der Waals surface area contributed by atoms with Gasteiger partial charge in [-0.3, -0.25) is 0 Å². The normalized spacial score (nSPS) is 15.3. The number of aromatic nitrogens is 3. The molecule has 1 saturated carbocycles. The van der Waals surface area contributed by atoms with Crippen LogP contribution in [-0.2, 0) is 0 Å². The maximum Gasteiger partial charge on any atom is 0.0973 e. The fourth-order valence-corrected chi connectivity index (χ4v) is 9.36. The van der Waals surface area contributed by atoms with Crippen molar-refractivity contribution in [3.63, 3.8) is 0 Å². The molecule has 0 amide bonds. The number of rotatable bonds is 7. The summed E-state index contributed by atoms with van der Waals surface area (Å²) in [7, 11) is 0. The number of fused-ring (bicyclic) bond motifs is 7. The second-order valence-corrected chi connectivity index (χ2v) is 15.7. The lowest BCUT2D eigenvalue weighted by molar-refractivity contribution is 0.896. The Kier molecular flexibility index (Phi) is 7.70. The minimum Gasteiger partial charge on any atom is -0.313 e. The van der Waals surface area contributed by atoms with Crippen molar-refractivity contribution in [3.05, 3.63) is 211 Å². The number of para-hydroxylation sites is 3. The molecule has 0 aliphatic heterocycles. The third-order valence-electron chi connectivity index (χ3n) is 12.3. The van der Waals surface area contributed by atoms with Crippen molar-refractivity contribution in [2.45, 2.75) is 12.3 Å². The molecule has 2 atom stereocenters. The predicted octanol–water partition coefficient (Wildman–Crippen LogP) is 14.3. The van der Waals surface area contributed by atoms with E-state index < -0.39 is 0 Å². The molecule has 0 saturated heterocycles. The van der Waals surface area contributed by atoms with Gasteiger partial charge in [0.1, 0.15) is 0 Å². The topological polar surface area (TPSA) is 34.0 Å². The highest BCUT2D eigenvalue weighted by Crippen LogP contribution is 2.55. The Balaban J connectivity index is 0.956. The van der Waals surface area contributed by atoms with Crippen LogP contribution in [0.2, 0.25) is 0 Å². The summed E-state index contributed by atoms with van der Waals surface area (Å²) in [6.45, 7) is 0. The summed E-state index contributed by atoms with van der Waals surface area (Å²) < 4.78 is 2.50. The van der Waals surface area contributed by atoms with Crippen molar-refractivity contribution in [2.24, 2.45) is 5.92 Å². The molecule has 2 aliphatic carbocycles. The van der Waals surface area contributed by atoms with Crippen LogP contribution in [0.15, 0.2) is 200 Å². The maximum atomic E-state index is 5.46. The zero-order valence-corrected chi connectivity index (χ0v) is 32.3. The zero-order chi connectivity index (χ0) is 38.9. The number of nitrogens with zero attached hydrogens (tertiary/aromatic N) is 4. The third-order valence-corrected chi connectivity index (χ3v) is 12.3. The highest BCUT2D eigenvalue weighted by atomic mass is 15.1. The van der Waals surface area contributed by atoms with Gasteiger partial charge in [-0.05, 0) is 89.3 Å². The maximum absolute atomic E-state index is 5.46. The lowest BCUT2D eigenvalue weighted by Gasteiger charge is -2.26. The van der Waals surface area contributed by atoms with Gasteiger partial charge in [-0.15, -0.1) is 0 Å². The molecule has 0 N–H and O–H groups in total. The summed E-state index contributed by atoms with van der Waals surface area (Å²) >= 11 is 0. The molecule has 2 heterocycles. The van der Waals surface area contributed by atoms with Crippen molar-refractivity contribution in [1.29, 1.82) is 0 Å². The van der Waals surface area contributed by atoms with Gasteiger partial charge in [0, 0.05) is 62.0 Å². The van der Waals surface area contributed by atoms with Crippen LogP contribution in [-0.4, -0.2) is 14.5 Å². The van der Waals surface area contributed by atoms with Crippen LogP contribution in [0.3, 0.4) is 0 Å². The van der Waals surface area contributed by atoms with E-state index in [1.807, 2.05) is 6.07 Å². The van der Waals surface area contributed by atoms with Crippen LogP contribution in [0.25, 0.3) is 78.1 Å². The van der Waals surface area contributed by atoms with Crippen LogP contribution >= 0.6 is 0 Å². The first-order chi connectivity index (χ1) is 29.3. The minimum atomic E-state index is 0.599. The van der Waals surface area contributed by atoms with Gasteiger partial charge in [0.25, 0.3) is 0 Å². The van der Waals surface area contributed by atoms with Gasteiger partial charge in [-0.25, -0.2) is 9.97 Å². The second-order valence-electron chi connectivity index (χ2n) is 15.7. The van der Waals surface area contributed by atoms with Gasteiger partial charge in [-0.2, -0.15) is 0 Å². The van der Waals surface area contributed by atoms with Crippen molar-refractivity contribution in [2.75, 3.05) is 4.90 Å². The van der Waals surface area contributed by atoms with Gasteiger partial charge >= 0.3 is 0 Å². The molecule has 4 heteroatoms. The molecule has 2 unspecified atom stereocenters. The Bertz CT molecular complexity index is 3230. The van der Waals surface area contributed by atoms with E-state index in [1.54, 1.807) is 0 Å². The molecule has 1 fully saturated rings. The molecule has 10 aromatic rings. The van der Waals surface area contributed by atoms with Gasteiger partial charge in [0.05, 0.1) is 27.9 Å². The molecule has 0 bridgehead atoms. The van der Waals surface area contributed by atoms with Crippen LogP contribution in [0, 0.1) is 5.92 Å². The minimum absolute atomic E-state index is 0.599. The highest BCUT2D eigenvalue weighted by molar-refractivity contribution is 6.04. The van der Waals surface area contributed by atoms with E-state index in [4.69, 9.17) is 9.97 Å². The Morgan fingerprint density at radius 2 is 1.10 bits per heavy atom. The Morgan fingerprint density at radius 1 is 0.492 bits per heavy atom. The summed E-state index contributed by atoms with van der Waals surface area (Å²) in [6.07, 6.45) is 6.00. The Labute approximate surface area is 343 Å². The van der Waals surface area contributed by atoms with E-state index in [-0.39, 0.29) is 0 Å². The molecule has 0 radical (unpaired) electrons. The standard InChI is InChI=1S/C55H38N4/c1-3-14-37(15-4-1)53-52(56-50-23-12-22-47(54(50)57-53)45-21-11-16-36-13-7-8-19-44(36)45)38-25-28-41(29-26-38)58(40-17-5-2-6-18-40)42-30-32-43(33-31-42)59-51-24-10-9-20-46(51)48-34-27-39-35-49(39)55(48)59/h1-34,39,49H,35H2. The van der Waals surface area contributed by atoms with Crippen molar-refractivity contribution in [3.8, 4) is 39.3 Å². The van der Waals surface area contributed by atoms with Gasteiger partial charge in [0.2, 0.25) is 0 Å². The SMILES string of the molecule is C1=CC2CC2c2c1c1ccccc1n2-c1ccc(N(c2ccccc2)c2ccc(-c3nc4cccc(-c5cccc6ccccc56)c4nc3-c3ccccc3)cc2)cc1. The molecule has 0 spiro atoms. The fourth-order valence-electron chi connectivity index (χ4n) is 9.36. The van der Waals surface area contributed by atoms with Crippen molar-refractivity contribution in [1.82, 2.24) is 14.5 Å². The summed E-state index contributed by atoms with van der Waals surface area (Å²) in [5.74, 6) is 1.26. The smallest absolute Gasteiger partial charge is 0.0973 e. The average Bonchev–Trinajstić information content (AvgIpc) is 4.03. The number of benzene rings is 8. The quantitative estimate of drug-likeness (QED) is 0.162. The highest BCUT2D eigenvalue weighted by Gasteiger charge is 2.43. The lowest BCUT2D eigenvalue weighted by atomic mass is 9.96. The van der Waals surface area contributed by atoms with Crippen molar-refractivity contribution < 1.29 is 0 Å². The zero-order valence-electron chi connectivity index (χ0n) is 32.3. The van der Waals surface area contributed by atoms with Gasteiger partial charge in [-0.1, -0.05) is 146 Å². The molecular formula is C55H38N4. The molecule has 2 aliphatic rings. The summed E-state index contributed by atoms with van der Waals surface area (Å²) in [4.78, 5) is 13.2. The van der Waals surface area contributed by atoms with Crippen LogP contribution in [0.1, 0.15) is 23.6 Å². The molecule has 2 aromatic heterocycles. The van der Waals surface area contributed by atoms with Crippen LogP contribution < -0.4 is 4.90 Å². The predicted molar refractivity (Wildman–Crippen MR) is 245 cm³/mol. The summed E-state index contributed by atoms with van der Waals surface area (Å²) in [5.41, 5.74) is 16.3. The number of anilines is 3. The number of allylic oxidation sites excluding steroid dienone is 1. The second kappa shape index (κ2) is 13.5. The van der Waals surface area contributed by atoms with E-state index >= 15 is 0 Å². The van der Waals surface area contributed by atoms with E-state index in [0.29, 0.717) is 11.8 Å². The van der Waals surface area contributed by atoms with Crippen LogP contribution in [0.5, 0.6) is 0 Å². The number of hydrogen-bond donors (Lipinski definition) is 0. The van der Waals surface area contributed by atoms with Gasteiger partial charge < -0.3 is 9.47 Å². The van der Waals surface area contributed by atoms with E-state index in [2.05, 4.69) is 210 Å². The summed E-state index contributed by atoms with van der Waals surface area (Å²) in [5, 5.41) is 3.74. The Morgan fingerprint density at radius 3 is 1.92 bits per heavy atom. The molecule has 12 rings (SSSR count). The average molecular weight is 755 g/mol. The summed E-state index contributed by atoms with van der Waals surface area (Å²) in [6, 6.07) is 69.2. The first kappa shape index (κ1) is 33.6. The molecular weight excluding hydrogens is 717 g/mol. The van der Waals surface area contributed by atoms with Gasteiger partial charge in [0.15, 0.2) is 0 Å². The molecule has 8 aromatic carbocycles. The lowest BCUT2D eigenvalue weighted by Crippen LogP contribution is -2.10.